The molecule has 1 N–H and O–H groups in total. The second-order valence-electron chi connectivity index (χ2n) is 3.89. The summed E-state index contributed by atoms with van der Waals surface area (Å²) in [5.41, 5.74) is 1.54. The van der Waals surface area contributed by atoms with Gasteiger partial charge in [0.2, 0.25) is 0 Å². The predicted molar refractivity (Wildman–Crippen MR) is 61.6 cm³/mol. The summed E-state index contributed by atoms with van der Waals surface area (Å²) in [6.07, 6.45) is 1.14. The van der Waals surface area contributed by atoms with Crippen LogP contribution >= 0.6 is 0 Å². The third kappa shape index (κ3) is 3.59. The van der Waals surface area contributed by atoms with Gasteiger partial charge in [0.1, 0.15) is 5.82 Å². The standard InChI is InChI=1S/C12H17N3/c1-4-9(2)8-14-12-6-11(7-13)5-10(3)15-12/h5-6,9H,4,8H2,1-3H3,(H,14,15). The molecule has 0 saturated heterocycles. The fourth-order valence-electron chi connectivity index (χ4n) is 1.25. The van der Waals surface area contributed by atoms with Crippen LogP contribution in [0.1, 0.15) is 31.5 Å². The summed E-state index contributed by atoms with van der Waals surface area (Å²) in [5, 5.41) is 12.1. The van der Waals surface area contributed by atoms with Gasteiger partial charge in [0.25, 0.3) is 0 Å². The summed E-state index contributed by atoms with van der Waals surface area (Å²) in [4.78, 5) is 4.33. The predicted octanol–water partition coefficient (Wildman–Crippen LogP) is 2.72. The van der Waals surface area contributed by atoms with Crippen LogP contribution in [0.2, 0.25) is 0 Å². The Morgan fingerprint density at radius 3 is 2.87 bits per heavy atom. The lowest BCUT2D eigenvalue weighted by atomic mass is 10.1. The molecule has 1 aromatic heterocycles. The normalized spacial score (nSPS) is 11.9. The molecule has 0 aliphatic rings. The number of nitrogens with one attached hydrogen (secondary N) is 1. The Morgan fingerprint density at radius 2 is 2.27 bits per heavy atom. The molecule has 3 heteroatoms. The van der Waals surface area contributed by atoms with Crippen molar-refractivity contribution in [2.45, 2.75) is 27.2 Å². The first kappa shape index (κ1) is 11.5. The summed E-state index contributed by atoms with van der Waals surface area (Å²) in [6, 6.07) is 5.70. The van der Waals surface area contributed by atoms with Crippen molar-refractivity contribution in [3.8, 4) is 6.07 Å². The number of hydrogen-bond acceptors (Lipinski definition) is 3. The highest BCUT2D eigenvalue weighted by molar-refractivity contribution is 5.44. The van der Waals surface area contributed by atoms with Crippen molar-refractivity contribution in [3.05, 3.63) is 23.4 Å². The third-order valence-corrected chi connectivity index (χ3v) is 2.41. The number of hydrogen-bond donors (Lipinski definition) is 1. The van der Waals surface area contributed by atoms with E-state index >= 15 is 0 Å². The molecule has 80 valence electrons. The van der Waals surface area contributed by atoms with E-state index in [9.17, 15) is 0 Å². The molecule has 3 nitrogen and oxygen atoms in total. The van der Waals surface area contributed by atoms with Gasteiger partial charge >= 0.3 is 0 Å². The van der Waals surface area contributed by atoms with Gasteiger partial charge in [-0.15, -0.1) is 0 Å². The molecule has 0 bridgehead atoms. The second-order valence-corrected chi connectivity index (χ2v) is 3.89. The molecule has 0 aliphatic carbocycles. The Labute approximate surface area is 91.1 Å². The van der Waals surface area contributed by atoms with E-state index in [-0.39, 0.29) is 0 Å². The minimum absolute atomic E-state index is 0.623. The van der Waals surface area contributed by atoms with Gasteiger partial charge in [0.15, 0.2) is 0 Å². The van der Waals surface area contributed by atoms with Gasteiger partial charge in [-0.2, -0.15) is 5.26 Å². The maximum atomic E-state index is 8.80. The first-order valence-corrected chi connectivity index (χ1v) is 5.28. The molecule has 15 heavy (non-hydrogen) atoms. The lowest BCUT2D eigenvalue weighted by Crippen LogP contribution is -2.11. The summed E-state index contributed by atoms with van der Waals surface area (Å²) in [7, 11) is 0. The van der Waals surface area contributed by atoms with Crippen LogP contribution in [0.25, 0.3) is 0 Å². The molecule has 0 saturated carbocycles. The average molecular weight is 203 g/mol. The molecule has 0 fully saturated rings. The molecule has 0 aliphatic heterocycles. The number of anilines is 1. The Morgan fingerprint density at radius 1 is 1.53 bits per heavy atom. The van der Waals surface area contributed by atoms with E-state index in [1.807, 2.05) is 6.92 Å². The molecular formula is C12H17N3. The molecule has 0 radical (unpaired) electrons. The number of rotatable bonds is 4. The van der Waals surface area contributed by atoms with E-state index < -0.39 is 0 Å². The van der Waals surface area contributed by atoms with Crippen molar-refractivity contribution in [2.75, 3.05) is 11.9 Å². The van der Waals surface area contributed by atoms with E-state index in [1.54, 1.807) is 12.1 Å². The van der Waals surface area contributed by atoms with Gasteiger partial charge in [-0.25, -0.2) is 4.98 Å². The Kier molecular flexibility index (Phi) is 4.11. The van der Waals surface area contributed by atoms with Crippen LogP contribution in [0.5, 0.6) is 0 Å². The number of nitrogens with zero attached hydrogens (tertiary/aromatic N) is 2. The number of nitriles is 1. The zero-order valence-corrected chi connectivity index (χ0v) is 9.54. The highest BCUT2D eigenvalue weighted by Crippen LogP contribution is 2.10. The van der Waals surface area contributed by atoms with Gasteiger partial charge in [0, 0.05) is 12.2 Å². The molecule has 1 aromatic rings. The maximum Gasteiger partial charge on any atom is 0.127 e. The molecular weight excluding hydrogens is 186 g/mol. The highest BCUT2D eigenvalue weighted by Gasteiger charge is 2.01. The first-order chi connectivity index (χ1) is 7.15. The van der Waals surface area contributed by atoms with Crippen LogP contribution in [-0.4, -0.2) is 11.5 Å². The van der Waals surface area contributed by atoms with Crippen molar-refractivity contribution in [1.82, 2.24) is 4.98 Å². The maximum absolute atomic E-state index is 8.80. The monoisotopic (exact) mass is 203 g/mol. The topological polar surface area (TPSA) is 48.7 Å². The minimum atomic E-state index is 0.623. The molecule has 1 rings (SSSR count). The van der Waals surface area contributed by atoms with E-state index in [2.05, 4.69) is 30.2 Å². The van der Waals surface area contributed by atoms with Gasteiger partial charge in [0.05, 0.1) is 11.6 Å². The highest BCUT2D eigenvalue weighted by atomic mass is 15.0. The van der Waals surface area contributed by atoms with E-state index in [0.29, 0.717) is 11.5 Å². The lowest BCUT2D eigenvalue weighted by molar-refractivity contribution is 0.592. The van der Waals surface area contributed by atoms with Crippen LogP contribution in [0, 0.1) is 24.2 Å². The van der Waals surface area contributed by atoms with Crippen LogP contribution in [0.3, 0.4) is 0 Å². The van der Waals surface area contributed by atoms with Gasteiger partial charge < -0.3 is 5.32 Å². The van der Waals surface area contributed by atoms with Crippen LogP contribution < -0.4 is 5.32 Å². The Hall–Kier alpha value is -1.56. The molecule has 1 atom stereocenters. The summed E-state index contributed by atoms with van der Waals surface area (Å²) >= 11 is 0. The number of aromatic nitrogens is 1. The van der Waals surface area contributed by atoms with E-state index in [0.717, 1.165) is 24.5 Å². The van der Waals surface area contributed by atoms with Crippen LogP contribution in [0.4, 0.5) is 5.82 Å². The van der Waals surface area contributed by atoms with Crippen molar-refractivity contribution in [1.29, 1.82) is 5.26 Å². The number of aryl methyl sites for hydroxylation is 1. The number of pyridine rings is 1. The smallest absolute Gasteiger partial charge is 0.127 e. The fraction of sp³-hybridized carbons (Fsp3) is 0.500. The van der Waals surface area contributed by atoms with Crippen molar-refractivity contribution >= 4 is 5.82 Å². The van der Waals surface area contributed by atoms with Crippen molar-refractivity contribution in [2.24, 2.45) is 5.92 Å². The minimum Gasteiger partial charge on any atom is -0.370 e. The SMILES string of the molecule is CCC(C)CNc1cc(C#N)cc(C)n1. The van der Waals surface area contributed by atoms with Crippen LogP contribution in [-0.2, 0) is 0 Å². The van der Waals surface area contributed by atoms with E-state index in [4.69, 9.17) is 5.26 Å². The molecule has 1 heterocycles. The van der Waals surface area contributed by atoms with Crippen molar-refractivity contribution in [3.63, 3.8) is 0 Å². The largest absolute Gasteiger partial charge is 0.370 e. The summed E-state index contributed by atoms with van der Waals surface area (Å²) in [5.74, 6) is 1.42. The van der Waals surface area contributed by atoms with Gasteiger partial charge in [-0.05, 0) is 25.0 Å². The summed E-state index contributed by atoms with van der Waals surface area (Å²) in [6.45, 7) is 7.15. The summed E-state index contributed by atoms with van der Waals surface area (Å²) < 4.78 is 0. The Bertz CT molecular complexity index is 366. The quantitative estimate of drug-likeness (QED) is 0.818. The lowest BCUT2D eigenvalue weighted by Gasteiger charge is -2.11. The molecule has 0 amide bonds. The fourth-order valence-corrected chi connectivity index (χ4v) is 1.25. The van der Waals surface area contributed by atoms with Crippen molar-refractivity contribution < 1.29 is 0 Å². The first-order valence-electron chi connectivity index (χ1n) is 5.28. The van der Waals surface area contributed by atoms with Gasteiger partial charge in [-0.1, -0.05) is 20.3 Å². The molecule has 0 spiro atoms. The van der Waals surface area contributed by atoms with E-state index in [1.165, 1.54) is 0 Å². The zero-order chi connectivity index (χ0) is 11.3. The third-order valence-electron chi connectivity index (χ3n) is 2.41. The second kappa shape index (κ2) is 5.35. The average Bonchev–Trinajstić information content (AvgIpc) is 2.25. The zero-order valence-electron chi connectivity index (χ0n) is 9.54. The Balaban J connectivity index is 2.69. The molecule has 1 unspecified atom stereocenters. The van der Waals surface area contributed by atoms with Crippen LogP contribution in [0.15, 0.2) is 12.1 Å². The van der Waals surface area contributed by atoms with Gasteiger partial charge in [-0.3, -0.25) is 0 Å². The molecule has 0 aromatic carbocycles.